The third kappa shape index (κ3) is 9.37. The summed E-state index contributed by atoms with van der Waals surface area (Å²) in [6, 6.07) is 15.2. The Balaban J connectivity index is 1.72. The SMILES string of the molecule is CCCCCCOc1cccc(NC(=O)CNc2ccc(OCCCC)cc2)c1. The summed E-state index contributed by atoms with van der Waals surface area (Å²) in [6.45, 7) is 5.96. The lowest BCUT2D eigenvalue weighted by molar-refractivity contribution is -0.114. The molecule has 0 aliphatic heterocycles. The molecule has 1 amide bonds. The summed E-state index contributed by atoms with van der Waals surface area (Å²) in [5.41, 5.74) is 1.62. The lowest BCUT2D eigenvalue weighted by Crippen LogP contribution is -2.21. The summed E-state index contributed by atoms with van der Waals surface area (Å²) in [5, 5.41) is 6.03. The Kier molecular flexibility index (Phi) is 10.5. The van der Waals surface area contributed by atoms with Gasteiger partial charge in [0.1, 0.15) is 11.5 Å². The van der Waals surface area contributed by atoms with Crippen LogP contribution in [0.3, 0.4) is 0 Å². The van der Waals surface area contributed by atoms with Crippen molar-refractivity contribution in [1.29, 1.82) is 0 Å². The lowest BCUT2D eigenvalue weighted by atomic mass is 10.2. The molecule has 2 N–H and O–H groups in total. The first-order valence-electron chi connectivity index (χ1n) is 10.7. The third-order valence-electron chi connectivity index (χ3n) is 4.46. The van der Waals surface area contributed by atoms with Crippen LogP contribution in [0.25, 0.3) is 0 Å². The molecule has 0 aliphatic rings. The molecule has 5 heteroatoms. The van der Waals surface area contributed by atoms with E-state index < -0.39 is 0 Å². The van der Waals surface area contributed by atoms with Gasteiger partial charge >= 0.3 is 0 Å². The minimum atomic E-state index is -0.103. The van der Waals surface area contributed by atoms with Gasteiger partial charge in [-0.25, -0.2) is 0 Å². The summed E-state index contributed by atoms with van der Waals surface area (Å²) in [7, 11) is 0. The molecule has 0 bridgehead atoms. The Hall–Kier alpha value is -2.69. The van der Waals surface area contributed by atoms with Gasteiger partial charge < -0.3 is 20.1 Å². The number of anilines is 2. The third-order valence-corrected chi connectivity index (χ3v) is 4.46. The normalized spacial score (nSPS) is 10.4. The quantitative estimate of drug-likeness (QED) is 0.390. The number of rotatable bonds is 14. The molecule has 0 fully saturated rings. The van der Waals surface area contributed by atoms with Crippen LogP contribution >= 0.6 is 0 Å². The van der Waals surface area contributed by atoms with Crippen LogP contribution in [0.15, 0.2) is 48.5 Å². The highest BCUT2D eigenvalue weighted by Gasteiger charge is 2.04. The van der Waals surface area contributed by atoms with Crippen LogP contribution in [-0.2, 0) is 4.79 Å². The van der Waals surface area contributed by atoms with Crippen LogP contribution in [0, 0.1) is 0 Å². The molecule has 29 heavy (non-hydrogen) atoms. The van der Waals surface area contributed by atoms with E-state index in [4.69, 9.17) is 9.47 Å². The Morgan fingerprint density at radius 3 is 2.28 bits per heavy atom. The van der Waals surface area contributed by atoms with Gasteiger partial charge in [-0.3, -0.25) is 4.79 Å². The van der Waals surface area contributed by atoms with Gasteiger partial charge in [0, 0.05) is 17.4 Å². The van der Waals surface area contributed by atoms with E-state index in [9.17, 15) is 4.79 Å². The van der Waals surface area contributed by atoms with E-state index in [0.29, 0.717) is 6.61 Å². The molecule has 0 unspecified atom stereocenters. The summed E-state index contributed by atoms with van der Waals surface area (Å²) in [4.78, 5) is 12.2. The monoisotopic (exact) mass is 398 g/mol. The van der Waals surface area contributed by atoms with E-state index in [-0.39, 0.29) is 12.5 Å². The van der Waals surface area contributed by atoms with Crippen LogP contribution in [0.5, 0.6) is 11.5 Å². The molecule has 0 atom stereocenters. The van der Waals surface area contributed by atoms with Gasteiger partial charge in [-0.2, -0.15) is 0 Å². The predicted molar refractivity (Wildman–Crippen MR) is 120 cm³/mol. The van der Waals surface area contributed by atoms with Crippen molar-refractivity contribution in [2.24, 2.45) is 0 Å². The smallest absolute Gasteiger partial charge is 0.243 e. The molecular formula is C24H34N2O3. The largest absolute Gasteiger partial charge is 0.494 e. The van der Waals surface area contributed by atoms with Gasteiger partial charge in [-0.1, -0.05) is 45.6 Å². The topological polar surface area (TPSA) is 59.6 Å². The summed E-state index contributed by atoms with van der Waals surface area (Å²) < 4.78 is 11.4. The first kappa shape index (κ1) is 22.6. The number of hydrogen-bond donors (Lipinski definition) is 2. The van der Waals surface area contributed by atoms with E-state index in [1.54, 1.807) is 0 Å². The van der Waals surface area contributed by atoms with Gasteiger partial charge in [0.25, 0.3) is 0 Å². The van der Waals surface area contributed by atoms with E-state index in [1.807, 2.05) is 48.5 Å². The number of amides is 1. The Morgan fingerprint density at radius 1 is 0.793 bits per heavy atom. The zero-order valence-electron chi connectivity index (χ0n) is 17.7. The van der Waals surface area contributed by atoms with E-state index in [1.165, 1.54) is 19.3 Å². The second kappa shape index (κ2) is 13.5. The number of benzene rings is 2. The maximum absolute atomic E-state index is 12.2. The summed E-state index contributed by atoms with van der Waals surface area (Å²) >= 11 is 0. The van der Waals surface area contributed by atoms with Crippen molar-refractivity contribution < 1.29 is 14.3 Å². The molecule has 2 rings (SSSR count). The van der Waals surface area contributed by atoms with Crippen molar-refractivity contribution >= 4 is 17.3 Å². The second-order valence-corrected chi connectivity index (χ2v) is 7.07. The molecule has 2 aromatic rings. The van der Waals surface area contributed by atoms with Crippen molar-refractivity contribution in [2.75, 3.05) is 30.4 Å². The van der Waals surface area contributed by atoms with E-state index in [2.05, 4.69) is 24.5 Å². The number of nitrogens with one attached hydrogen (secondary N) is 2. The van der Waals surface area contributed by atoms with Crippen molar-refractivity contribution in [1.82, 2.24) is 0 Å². The van der Waals surface area contributed by atoms with Crippen molar-refractivity contribution in [3.63, 3.8) is 0 Å². The fourth-order valence-corrected chi connectivity index (χ4v) is 2.77. The summed E-state index contributed by atoms with van der Waals surface area (Å²) in [6.07, 6.45) is 6.85. The first-order chi connectivity index (χ1) is 14.2. The molecule has 0 aliphatic carbocycles. The first-order valence-corrected chi connectivity index (χ1v) is 10.7. The van der Waals surface area contributed by atoms with Crippen molar-refractivity contribution in [3.05, 3.63) is 48.5 Å². The lowest BCUT2D eigenvalue weighted by Gasteiger charge is -2.11. The molecule has 5 nitrogen and oxygen atoms in total. The highest BCUT2D eigenvalue weighted by atomic mass is 16.5. The highest BCUT2D eigenvalue weighted by molar-refractivity contribution is 5.93. The van der Waals surface area contributed by atoms with E-state index in [0.717, 1.165) is 48.7 Å². The fourth-order valence-electron chi connectivity index (χ4n) is 2.77. The number of ether oxygens (including phenoxy) is 2. The maximum atomic E-state index is 12.2. The highest BCUT2D eigenvalue weighted by Crippen LogP contribution is 2.18. The molecule has 0 saturated carbocycles. The molecule has 0 radical (unpaired) electrons. The molecule has 2 aromatic carbocycles. The Labute approximate surface area is 174 Å². The molecule has 158 valence electrons. The van der Waals surface area contributed by atoms with Gasteiger partial charge in [-0.15, -0.1) is 0 Å². The van der Waals surface area contributed by atoms with Crippen LogP contribution in [0.1, 0.15) is 52.4 Å². The van der Waals surface area contributed by atoms with Gasteiger partial charge in [0.2, 0.25) is 5.91 Å². The van der Waals surface area contributed by atoms with Gasteiger partial charge in [0.15, 0.2) is 0 Å². The maximum Gasteiger partial charge on any atom is 0.243 e. The zero-order valence-corrected chi connectivity index (χ0v) is 17.7. The number of unbranched alkanes of at least 4 members (excludes halogenated alkanes) is 4. The second-order valence-electron chi connectivity index (χ2n) is 7.07. The number of carbonyl (C=O) groups is 1. The van der Waals surface area contributed by atoms with E-state index >= 15 is 0 Å². The van der Waals surface area contributed by atoms with Crippen LogP contribution in [0.4, 0.5) is 11.4 Å². The standard InChI is InChI=1S/C24H34N2O3/c1-3-5-7-8-17-29-23-11-9-10-21(18-23)26-24(27)19-25-20-12-14-22(15-13-20)28-16-6-4-2/h9-15,18,25H,3-8,16-17,19H2,1-2H3,(H,26,27). The van der Waals surface area contributed by atoms with Gasteiger partial charge in [-0.05, 0) is 49.2 Å². The number of carbonyl (C=O) groups excluding carboxylic acids is 1. The Bertz CT molecular complexity index is 716. The predicted octanol–water partition coefficient (Wildman–Crippen LogP) is 5.88. The minimum absolute atomic E-state index is 0.103. The fraction of sp³-hybridized carbons (Fsp3) is 0.458. The van der Waals surface area contributed by atoms with Crippen LogP contribution in [-0.4, -0.2) is 25.7 Å². The molecule has 0 spiro atoms. The van der Waals surface area contributed by atoms with Crippen molar-refractivity contribution in [3.8, 4) is 11.5 Å². The molecule has 0 saturated heterocycles. The zero-order chi connectivity index (χ0) is 20.7. The molecule has 0 heterocycles. The Morgan fingerprint density at radius 2 is 1.52 bits per heavy atom. The minimum Gasteiger partial charge on any atom is -0.494 e. The van der Waals surface area contributed by atoms with Gasteiger partial charge in [0.05, 0.1) is 19.8 Å². The summed E-state index contributed by atoms with van der Waals surface area (Å²) in [5.74, 6) is 1.53. The average Bonchev–Trinajstić information content (AvgIpc) is 2.73. The number of hydrogen-bond acceptors (Lipinski definition) is 4. The van der Waals surface area contributed by atoms with Crippen LogP contribution in [0.2, 0.25) is 0 Å². The van der Waals surface area contributed by atoms with Crippen LogP contribution < -0.4 is 20.1 Å². The molecule has 0 aromatic heterocycles. The average molecular weight is 399 g/mol. The molecular weight excluding hydrogens is 364 g/mol. The van der Waals surface area contributed by atoms with Crippen molar-refractivity contribution in [2.45, 2.75) is 52.4 Å².